The molecule has 2 aliphatic rings. The first-order valence-corrected chi connectivity index (χ1v) is 8.93. The first kappa shape index (κ1) is 16.1. The van der Waals surface area contributed by atoms with E-state index < -0.39 is 0 Å². The molecular weight excluding hydrogens is 314 g/mol. The molecule has 1 unspecified atom stereocenters. The van der Waals surface area contributed by atoms with Crippen molar-refractivity contribution in [1.29, 1.82) is 0 Å². The Balaban J connectivity index is 1.57. The number of anilines is 1. The Kier molecular flexibility index (Phi) is 4.40. The highest BCUT2D eigenvalue weighted by molar-refractivity contribution is 5.96. The molecule has 130 valence electrons. The lowest BCUT2D eigenvalue weighted by atomic mass is 9.97. The third kappa shape index (κ3) is 3.37. The fourth-order valence-corrected chi connectivity index (χ4v) is 3.59. The highest BCUT2D eigenvalue weighted by atomic mass is 16.5. The van der Waals surface area contributed by atoms with E-state index in [2.05, 4.69) is 28.5 Å². The molecule has 0 aliphatic carbocycles. The molecule has 2 aromatic rings. The molecule has 1 aromatic heterocycles. The summed E-state index contributed by atoms with van der Waals surface area (Å²) in [6, 6.07) is 8.31. The van der Waals surface area contributed by atoms with E-state index in [-0.39, 0.29) is 12.0 Å². The maximum atomic E-state index is 11.8. The Morgan fingerprint density at radius 1 is 1.20 bits per heavy atom. The normalized spacial score (nSPS) is 20.3. The van der Waals surface area contributed by atoms with Gasteiger partial charge in [-0.25, -0.2) is 0 Å². The van der Waals surface area contributed by atoms with E-state index in [1.807, 2.05) is 19.3 Å². The minimum Gasteiger partial charge on any atom is -0.487 e. The molecule has 5 nitrogen and oxygen atoms in total. The van der Waals surface area contributed by atoms with Crippen molar-refractivity contribution in [3.63, 3.8) is 0 Å². The lowest BCUT2D eigenvalue weighted by molar-refractivity contribution is -0.118. The molecule has 1 saturated heterocycles. The molecule has 1 aromatic carbocycles. The first-order valence-electron chi connectivity index (χ1n) is 8.93. The number of hydrogen-bond acceptors (Lipinski definition) is 4. The van der Waals surface area contributed by atoms with Gasteiger partial charge in [0, 0.05) is 37.5 Å². The van der Waals surface area contributed by atoms with Crippen LogP contribution in [-0.4, -0.2) is 37.1 Å². The number of carbonyl (C=O) groups is 1. The van der Waals surface area contributed by atoms with Crippen molar-refractivity contribution < 1.29 is 9.53 Å². The van der Waals surface area contributed by atoms with Crippen molar-refractivity contribution in [3.05, 3.63) is 42.2 Å². The van der Waals surface area contributed by atoms with Crippen molar-refractivity contribution >= 4 is 11.6 Å². The quantitative estimate of drug-likeness (QED) is 0.936. The topological polar surface area (TPSA) is 54.5 Å². The second-order valence-electron chi connectivity index (χ2n) is 6.79. The Bertz CT molecular complexity index is 784. The zero-order chi connectivity index (χ0) is 17.2. The average Bonchev–Trinajstić information content (AvgIpc) is 2.66. The molecule has 1 fully saturated rings. The van der Waals surface area contributed by atoms with Gasteiger partial charge >= 0.3 is 0 Å². The molecule has 0 bridgehead atoms. The maximum absolute atomic E-state index is 11.8. The van der Waals surface area contributed by atoms with Gasteiger partial charge in [0.05, 0.1) is 6.20 Å². The standard InChI is InChI=1S/C20H23N3O2/c1-23-19-6-4-14(9-15(19)5-7-20(23)24)16-10-18(13-22-11-16)25-17-3-2-8-21-12-17/h4,6,9-11,13,17,21H,2-3,5,7-8,12H2,1H3. The number of benzene rings is 1. The average molecular weight is 337 g/mol. The molecule has 4 rings (SSSR count). The lowest BCUT2D eigenvalue weighted by Gasteiger charge is -2.26. The Labute approximate surface area is 148 Å². The summed E-state index contributed by atoms with van der Waals surface area (Å²) in [6.07, 6.45) is 7.46. The van der Waals surface area contributed by atoms with Crippen LogP contribution in [0.1, 0.15) is 24.8 Å². The number of nitrogens with one attached hydrogen (secondary N) is 1. The number of pyridine rings is 1. The predicted octanol–water partition coefficient (Wildman–Crippen LogP) is 2.79. The SMILES string of the molecule is CN1C(=O)CCc2cc(-c3cncc(OC4CCCNC4)c3)ccc21. The summed E-state index contributed by atoms with van der Waals surface area (Å²) in [4.78, 5) is 17.9. The monoisotopic (exact) mass is 337 g/mol. The molecule has 3 heterocycles. The first-order chi connectivity index (χ1) is 12.2. The van der Waals surface area contributed by atoms with Crippen LogP contribution in [0.3, 0.4) is 0 Å². The van der Waals surface area contributed by atoms with Crippen LogP contribution < -0.4 is 15.0 Å². The van der Waals surface area contributed by atoms with Crippen LogP contribution >= 0.6 is 0 Å². The minimum atomic E-state index is 0.179. The number of amides is 1. The van der Waals surface area contributed by atoms with Gasteiger partial charge in [0.1, 0.15) is 11.9 Å². The Morgan fingerprint density at radius 2 is 2.12 bits per heavy atom. The summed E-state index contributed by atoms with van der Waals surface area (Å²) in [5.41, 5.74) is 4.38. The van der Waals surface area contributed by atoms with Gasteiger partial charge in [-0.3, -0.25) is 9.78 Å². The number of rotatable bonds is 3. The summed E-state index contributed by atoms with van der Waals surface area (Å²) >= 11 is 0. The molecule has 1 N–H and O–H groups in total. The van der Waals surface area contributed by atoms with Crippen LogP contribution in [0, 0.1) is 0 Å². The molecule has 1 amide bonds. The van der Waals surface area contributed by atoms with Crippen molar-refractivity contribution in [1.82, 2.24) is 10.3 Å². The summed E-state index contributed by atoms with van der Waals surface area (Å²) in [5, 5.41) is 3.37. The molecule has 0 radical (unpaired) electrons. The van der Waals surface area contributed by atoms with Gasteiger partial charge in [-0.1, -0.05) is 6.07 Å². The molecule has 2 aliphatic heterocycles. The van der Waals surface area contributed by atoms with Crippen LogP contribution in [0.4, 0.5) is 5.69 Å². The largest absolute Gasteiger partial charge is 0.487 e. The number of ether oxygens (including phenoxy) is 1. The van der Waals surface area contributed by atoms with Crippen LogP contribution in [0.15, 0.2) is 36.7 Å². The van der Waals surface area contributed by atoms with Crippen molar-refractivity contribution in [2.75, 3.05) is 25.0 Å². The fourth-order valence-electron chi connectivity index (χ4n) is 3.59. The van der Waals surface area contributed by atoms with E-state index in [1.165, 1.54) is 5.56 Å². The highest BCUT2D eigenvalue weighted by Gasteiger charge is 2.21. The van der Waals surface area contributed by atoms with Gasteiger partial charge in [0.15, 0.2) is 0 Å². The van der Waals surface area contributed by atoms with E-state index in [1.54, 1.807) is 11.1 Å². The van der Waals surface area contributed by atoms with Crippen LogP contribution in [0.2, 0.25) is 0 Å². The predicted molar refractivity (Wildman–Crippen MR) is 97.9 cm³/mol. The number of carbonyl (C=O) groups excluding carboxylic acids is 1. The molecule has 5 heteroatoms. The van der Waals surface area contributed by atoms with E-state index >= 15 is 0 Å². The summed E-state index contributed by atoms with van der Waals surface area (Å²) in [6.45, 7) is 1.97. The number of aryl methyl sites for hydroxylation is 1. The molecule has 25 heavy (non-hydrogen) atoms. The van der Waals surface area contributed by atoms with Gasteiger partial charge in [-0.2, -0.15) is 0 Å². The molecule has 0 saturated carbocycles. The van der Waals surface area contributed by atoms with Crippen LogP contribution in [0.5, 0.6) is 5.75 Å². The second-order valence-corrected chi connectivity index (χ2v) is 6.79. The van der Waals surface area contributed by atoms with E-state index in [9.17, 15) is 4.79 Å². The minimum absolute atomic E-state index is 0.179. The van der Waals surface area contributed by atoms with Crippen molar-refractivity contribution in [3.8, 4) is 16.9 Å². The fraction of sp³-hybridized carbons (Fsp3) is 0.400. The zero-order valence-corrected chi connectivity index (χ0v) is 14.5. The molecule has 1 atom stereocenters. The van der Waals surface area contributed by atoms with Gasteiger partial charge in [-0.05, 0) is 55.1 Å². The summed E-state index contributed by atoms with van der Waals surface area (Å²) < 4.78 is 6.08. The lowest BCUT2D eigenvalue weighted by Crippen LogP contribution is -2.37. The molecular formula is C20H23N3O2. The highest BCUT2D eigenvalue weighted by Crippen LogP contribution is 2.32. The van der Waals surface area contributed by atoms with E-state index in [0.717, 1.165) is 54.9 Å². The van der Waals surface area contributed by atoms with Crippen molar-refractivity contribution in [2.45, 2.75) is 31.8 Å². The summed E-state index contributed by atoms with van der Waals surface area (Å²) in [7, 11) is 1.84. The number of hydrogen-bond donors (Lipinski definition) is 1. The number of nitrogens with zero attached hydrogens (tertiary/aromatic N) is 2. The van der Waals surface area contributed by atoms with E-state index in [4.69, 9.17) is 4.74 Å². The maximum Gasteiger partial charge on any atom is 0.227 e. The Hall–Kier alpha value is -2.40. The van der Waals surface area contributed by atoms with Crippen LogP contribution in [-0.2, 0) is 11.2 Å². The van der Waals surface area contributed by atoms with Gasteiger partial charge in [0.25, 0.3) is 0 Å². The molecule has 0 spiro atoms. The number of fused-ring (bicyclic) bond motifs is 1. The van der Waals surface area contributed by atoms with Gasteiger partial charge in [0.2, 0.25) is 5.91 Å². The zero-order valence-electron chi connectivity index (χ0n) is 14.5. The van der Waals surface area contributed by atoms with Gasteiger partial charge in [-0.15, -0.1) is 0 Å². The van der Waals surface area contributed by atoms with Crippen LogP contribution in [0.25, 0.3) is 11.1 Å². The van der Waals surface area contributed by atoms with Crippen molar-refractivity contribution in [2.24, 2.45) is 0 Å². The Morgan fingerprint density at radius 3 is 2.96 bits per heavy atom. The summed E-state index contributed by atoms with van der Waals surface area (Å²) in [5.74, 6) is 0.995. The smallest absolute Gasteiger partial charge is 0.227 e. The number of aromatic nitrogens is 1. The van der Waals surface area contributed by atoms with Gasteiger partial charge < -0.3 is 15.0 Å². The second kappa shape index (κ2) is 6.84. The third-order valence-corrected chi connectivity index (χ3v) is 5.02. The third-order valence-electron chi connectivity index (χ3n) is 5.02. The number of piperidine rings is 1. The van der Waals surface area contributed by atoms with E-state index in [0.29, 0.717) is 6.42 Å².